The van der Waals surface area contributed by atoms with Gasteiger partial charge in [-0.15, -0.1) is 0 Å². The zero-order valence-corrected chi connectivity index (χ0v) is 12.5. The summed E-state index contributed by atoms with van der Waals surface area (Å²) in [5.74, 6) is 1.02. The third kappa shape index (κ3) is 12.2. The van der Waals surface area contributed by atoms with Crippen molar-refractivity contribution in [2.24, 2.45) is 5.92 Å². The van der Waals surface area contributed by atoms with Gasteiger partial charge in [-0.1, -0.05) is 104 Å². The Labute approximate surface area is 111 Å². The van der Waals surface area contributed by atoms with Crippen molar-refractivity contribution in [1.29, 1.82) is 0 Å². The molecule has 0 aliphatic rings. The highest BCUT2D eigenvalue weighted by atomic mass is 14.1. The first-order valence-electron chi connectivity index (χ1n) is 8.14. The molecule has 0 N–H and O–H groups in total. The van der Waals surface area contributed by atoms with Crippen LogP contribution in [0.2, 0.25) is 0 Å². The molecule has 0 aliphatic carbocycles. The lowest BCUT2D eigenvalue weighted by Gasteiger charge is -2.15. The fourth-order valence-corrected chi connectivity index (χ4v) is 2.66. The largest absolute Gasteiger partial charge is 0.0654 e. The average Bonchev–Trinajstić information content (AvgIpc) is 2.34. The van der Waals surface area contributed by atoms with Gasteiger partial charge in [-0.25, -0.2) is 0 Å². The first-order chi connectivity index (χ1) is 8.35. The van der Waals surface area contributed by atoms with Gasteiger partial charge >= 0.3 is 0 Å². The van der Waals surface area contributed by atoms with E-state index in [2.05, 4.69) is 20.8 Å². The SMILES string of the molecule is [CH2]CCCCCC(CCC)CCCCCCC. The molecule has 0 aromatic heterocycles. The fraction of sp³-hybridized carbons (Fsp3) is 0.941. The zero-order chi connectivity index (χ0) is 12.8. The van der Waals surface area contributed by atoms with E-state index in [-0.39, 0.29) is 0 Å². The van der Waals surface area contributed by atoms with Gasteiger partial charge in [0.25, 0.3) is 0 Å². The summed E-state index contributed by atoms with van der Waals surface area (Å²) in [4.78, 5) is 0. The van der Waals surface area contributed by atoms with Gasteiger partial charge < -0.3 is 0 Å². The Morgan fingerprint density at radius 2 is 1.24 bits per heavy atom. The minimum atomic E-state index is 1.02. The quantitative estimate of drug-likeness (QED) is 0.320. The van der Waals surface area contributed by atoms with Gasteiger partial charge in [0.2, 0.25) is 0 Å². The molecule has 1 unspecified atom stereocenters. The van der Waals surface area contributed by atoms with E-state index >= 15 is 0 Å². The Hall–Kier alpha value is 0. The van der Waals surface area contributed by atoms with Crippen LogP contribution >= 0.6 is 0 Å². The molecule has 0 saturated carbocycles. The van der Waals surface area contributed by atoms with E-state index in [4.69, 9.17) is 0 Å². The van der Waals surface area contributed by atoms with Gasteiger partial charge in [-0.05, 0) is 5.92 Å². The second-order valence-electron chi connectivity index (χ2n) is 5.56. The minimum absolute atomic E-state index is 1.02. The number of hydrogen-bond donors (Lipinski definition) is 0. The topological polar surface area (TPSA) is 0 Å². The third-order valence-corrected chi connectivity index (χ3v) is 3.78. The van der Waals surface area contributed by atoms with Crippen LogP contribution in [-0.4, -0.2) is 0 Å². The summed E-state index contributed by atoms with van der Waals surface area (Å²) in [6, 6.07) is 0. The van der Waals surface area contributed by atoms with Crippen molar-refractivity contribution in [2.75, 3.05) is 0 Å². The Bertz CT molecular complexity index is 128. The van der Waals surface area contributed by atoms with Crippen molar-refractivity contribution in [3.63, 3.8) is 0 Å². The van der Waals surface area contributed by atoms with Crippen molar-refractivity contribution in [2.45, 2.75) is 97.3 Å². The van der Waals surface area contributed by atoms with E-state index in [1.807, 2.05) is 0 Å². The van der Waals surface area contributed by atoms with E-state index < -0.39 is 0 Å². The molecule has 0 aromatic rings. The Morgan fingerprint density at radius 3 is 1.76 bits per heavy atom. The normalized spacial score (nSPS) is 12.9. The second kappa shape index (κ2) is 14.1. The van der Waals surface area contributed by atoms with Gasteiger partial charge in [0, 0.05) is 0 Å². The van der Waals surface area contributed by atoms with Crippen LogP contribution < -0.4 is 0 Å². The van der Waals surface area contributed by atoms with Gasteiger partial charge in [-0.3, -0.25) is 0 Å². The van der Waals surface area contributed by atoms with Crippen LogP contribution in [0.3, 0.4) is 0 Å². The second-order valence-corrected chi connectivity index (χ2v) is 5.56. The summed E-state index contributed by atoms with van der Waals surface area (Å²) >= 11 is 0. The first-order valence-corrected chi connectivity index (χ1v) is 8.14. The molecule has 0 aromatic carbocycles. The summed E-state index contributed by atoms with van der Waals surface area (Å²) in [7, 11) is 0. The number of hydrogen-bond acceptors (Lipinski definition) is 0. The molecule has 0 saturated heterocycles. The molecular formula is C17H35. The molecule has 0 aliphatic heterocycles. The van der Waals surface area contributed by atoms with Crippen LogP contribution in [0.15, 0.2) is 0 Å². The van der Waals surface area contributed by atoms with Crippen molar-refractivity contribution in [1.82, 2.24) is 0 Å². The summed E-state index contributed by atoms with van der Waals surface area (Å²) in [6.45, 7) is 8.54. The van der Waals surface area contributed by atoms with Gasteiger partial charge in [0.05, 0.1) is 0 Å². The van der Waals surface area contributed by atoms with Gasteiger partial charge in [0.1, 0.15) is 0 Å². The van der Waals surface area contributed by atoms with E-state index in [0.717, 1.165) is 12.3 Å². The maximum atomic E-state index is 3.92. The van der Waals surface area contributed by atoms with E-state index in [9.17, 15) is 0 Å². The Balaban J connectivity index is 3.45. The molecule has 103 valence electrons. The average molecular weight is 239 g/mol. The van der Waals surface area contributed by atoms with Crippen LogP contribution in [0.1, 0.15) is 97.3 Å². The van der Waals surface area contributed by atoms with Crippen LogP contribution in [0.4, 0.5) is 0 Å². The molecule has 0 rings (SSSR count). The van der Waals surface area contributed by atoms with Crippen molar-refractivity contribution < 1.29 is 0 Å². The van der Waals surface area contributed by atoms with Crippen molar-refractivity contribution in [3.05, 3.63) is 6.92 Å². The van der Waals surface area contributed by atoms with E-state index in [0.29, 0.717) is 0 Å². The number of unbranched alkanes of at least 4 members (excludes halogenated alkanes) is 7. The smallest absolute Gasteiger partial charge is 0.0414 e. The molecule has 17 heavy (non-hydrogen) atoms. The highest BCUT2D eigenvalue weighted by Gasteiger charge is 2.07. The maximum absolute atomic E-state index is 3.92. The lowest BCUT2D eigenvalue weighted by atomic mass is 9.91. The predicted molar refractivity (Wildman–Crippen MR) is 80.2 cm³/mol. The molecule has 1 atom stereocenters. The maximum Gasteiger partial charge on any atom is -0.0414 e. The van der Waals surface area contributed by atoms with Crippen molar-refractivity contribution >= 4 is 0 Å². The first kappa shape index (κ1) is 17.0. The fourth-order valence-electron chi connectivity index (χ4n) is 2.66. The Kier molecular flexibility index (Phi) is 14.1. The van der Waals surface area contributed by atoms with Gasteiger partial charge in [-0.2, -0.15) is 0 Å². The van der Waals surface area contributed by atoms with Crippen LogP contribution in [0, 0.1) is 12.8 Å². The lowest BCUT2D eigenvalue weighted by Crippen LogP contribution is -2.00. The summed E-state index contributed by atoms with van der Waals surface area (Å²) in [6.07, 6.45) is 18.3. The third-order valence-electron chi connectivity index (χ3n) is 3.78. The standard InChI is InChI=1S/C17H35/c1-4-7-9-11-13-16-17(14-6-3)15-12-10-8-5-2/h17H,2,4-16H2,1,3H3. The molecule has 0 amide bonds. The Morgan fingerprint density at radius 1 is 0.647 bits per heavy atom. The van der Waals surface area contributed by atoms with E-state index in [1.165, 1.54) is 77.0 Å². The number of rotatable bonds is 13. The molecule has 0 bridgehead atoms. The molecule has 1 radical (unpaired) electrons. The van der Waals surface area contributed by atoms with Crippen LogP contribution in [0.25, 0.3) is 0 Å². The van der Waals surface area contributed by atoms with Crippen molar-refractivity contribution in [3.8, 4) is 0 Å². The summed E-state index contributed by atoms with van der Waals surface area (Å²) < 4.78 is 0. The minimum Gasteiger partial charge on any atom is -0.0654 e. The molecule has 0 heteroatoms. The van der Waals surface area contributed by atoms with E-state index in [1.54, 1.807) is 0 Å². The highest BCUT2D eigenvalue weighted by molar-refractivity contribution is 4.60. The predicted octanol–water partition coefficient (Wildman–Crippen LogP) is 6.55. The molecule has 0 fully saturated rings. The summed E-state index contributed by atoms with van der Waals surface area (Å²) in [5.41, 5.74) is 0. The highest BCUT2D eigenvalue weighted by Crippen LogP contribution is 2.22. The zero-order valence-electron chi connectivity index (χ0n) is 12.5. The molecule has 0 nitrogen and oxygen atoms in total. The monoisotopic (exact) mass is 239 g/mol. The molecular weight excluding hydrogens is 204 g/mol. The summed E-state index contributed by atoms with van der Waals surface area (Å²) in [5, 5.41) is 0. The van der Waals surface area contributed by atoms with Crippen LogP contribution in [-0.2, 0) is 0 Å². The van der Waals surface area contributed by atoms with Crippen LogP contribution in [0.5, 0.6) is 0 Å². The van der Waals surface area contributed by atoms with Gasteiger partial charge in [0.15, 0.2) is 0 Å². The lowest BCUT2D eigenvalue weighted by molar-refractivity contribution is 0.379. The molecule has 0 heterocycles. The molecule has 0 spiro atoms.